The van der Waals surface area contributed by atoms with Crippen molar-refractivity contribution in [2.75, 3.05) is 11.9 Å². The first-order valence-corrected chi connectivity index (χ1v) is 6.61. The summed E-state index contributed by atoms with van der Waals surface area (Å²) < 4.78 is 13.9. The molecule has 5 heteroatoms. The van der Waals surface area contributed by atoms with Crippen LogP contribution in [0.25, 0.3) is 0 Å². The first kappa shape index (κ1) is 14.4. The Morgan fingerprint density at radius 3 is 2.70 bits per heavy atom. The molecule has 2 aromatic rings. The van der Waals surface area contributed by atoms with Gasteiger partial charge in [-0.05, 0) is 37.3 Å². The van der Waals surface area contributed by atoms with Gasteiger partial charge >= 0.3 is 0 Å². The van der Waals surface area contributed by atoms with E-state index >= 15 is 0 Å². The van der Waals surface area contributed by atoms with Crippen molar-refractivity contribution in [2.45, 2.75) is 13.5 Å². The zero-order valence-corrected chi connectivity index (χ0v) is 12.2. The highest BCUT2D eigenvalue weighted by Crippen LogP contribution is 2.19. The molecule has 1 aromatic carbocycles. The van der Waals surface area contributed by atoms with Gasteiger partial charge in [0.2, 0.25) is 0 Å². The summed E-state index contributed by atoms with van der Waals surface area (Å²) >= 11 is 4.79. The second kappa shape index (κ2) is 5.96. The standard InChI is InChI=1S/C15H16FN3S/c1-10-4-3-5-11(18-10)9-19(2)12-6-7-13(15(17)20)14(16)8-12/h3-8H,9H2,1-2H3,(H2,17,20). The van der Waals surface area contributed by atoms with Crippen LogP contribution in [0.5, 0.6) is 0 Å². The molecule has 1 heterocycles. The Balaban J connectivity index is 2.19. The molecule has 0 radical (unpaired) electrons. The number of halogens is 1. The van der Waals surface area contributed by atoms with E-state index in [4.69, 9.17) is 18.0 Å². The topological polar surface area (TPSA) is 42.1 Å². The van der Waals surface area contributed by atoms with Crippen LogP contribution in [0.1, 0.15) is 17.0 Å². The van der Waals surface area contributed by atoms with Crippen molar-refractivity contribution >= 4 is 22.9 Å². The number of hydrogen-bond acceptors (Lipinski definition) is 3. The summed E-state index contributed by atoms with van der Waals surface area (Å²) in [5.41, 5.74) is 8.37. The highest BCUT2D eigenvalue weighted by atomic mass is 32.1. The lowest BCUT2D eigenvalue weighted by Gasteiger charge is -2.19. The molecule has 0 atom stereocenters. The first-order chi connectivity index (χ1) is 9.47. The number of thiocarbonyl (C=S) groups is 1. The third-order valence-corrected chi connectivity index (χ3v) is 3.22. The highest BCUT2D eigenvalue weighted by molar-refractivity contribution is 7.80. The fourth-order valence-electron chi connectivity index (χ4n) is 1.96. The minimum atomic E-state index is -0.404. The molecule has 0 saturated carbocycles. The van der Waals surface area contributed by atoms with Crippen LogP contribution < -0.4 is 10.6 Å². The minimum absolute atomic E-state index is 0.0667. The normalized spacial score (nSPS) is 10.3. The smallest absolute Gasteiger partial charge is 0.135 e. The Kier molecular flexibility index (Phi) is 4.29. The highest BCUT2D eigenvalue weighted by Gasteiger charge is 2.09. The fraction of sp³-hybridized carbons (Fsp3) is 0.200. The molecule has 2 N–H and O–H groups in total. The molecular weight excluding hydrogens is 273 g/mol. The predicted octanol–water partition coefficient (Wildman–Crippen LogP) is 2.80. The molecular formula is C15H16FN3S. The molecule has 0 fully saturated rings. The summed E-state index contributed by atoms with van der Waals surface area (Å²) in [5.74, 6) is -0.404. The van der Waals surface area contributed by atoms with E-state index in [1.807, 2.05) is 37.1 Å². The van der Waals surface area contributed by atoms with Crippen LogP contribution in [-0.4, -0.2) is 17.0 Å². The van der Waals surface area contributed by atoms with Crippen molar-refractivity contribution in [1.29, 1.82) is 0 Å². The predicted molar refractivity (Wildman–Crippen MR) is 83.4 cm³/mol. The van der Waals surface area contributed by atoms with Crippen LogP contribution in [-0.2, 0) is 6.54 Å². The molecule has 0 aliphatic carbocycles. The van der Waals surface area contributed by atoms with Gasteiger partial charge in [0.25, 0.3) is 0 Å². The van der Waals surface area contributed by atoms with E-state index in [-0.39, 0.29) is 10.6 Å². The molecule has 0 bridgehead atoms. The molecule has 0 saturated heterocycles. The molecule has 104 valence electrons. The number of rotatable bonds is 4. The lowest BCUT2D eigenvalue weighted by molar-refractivity contribution is 0.624. The molecule has 0 amide bonds. The van der Waals surface area contributed by atoms with Crippen LogP contribution in [0.3, 0.4) is 0 Å². The average molecular weight is 289 g/mol. The molecule has 0 unspecified atom stereocenters. The Bertz CT molecular complexity index is 643. The summed E-state index contributed by atoms with van der Waals surface area (Å²) in [6.07, 6.45) is 0. The maximum atomic E-state index is 13.9. The van der Waals surface area contributed by atoms with E-state index < -0.39 is 5.82 Å². The monoisotopic (exact) mass is 289 g/mol. The van der Waals surface area contributed by atoms with E-state index in [1.165, 1.54) is 6.07 Å². The van der Waals surface area contributed by atoms with Gasteiger partial charge in [0.1, 0.15) is 10.8 Å². The maximum absolute atomic E-state index is 13.9. The van der Waals surface area contributed by atoms with Crippen LogP contribution in [0, 0.1) is 12.7 Å². The van der Waals surface area contributed by atoms with Crippen molar-refractivity contribution in [3.63, 3.8) is 0 Å². The lowest BCUT2D eigenvalue weighted by Crippen LogP contribution is -2.18. The molecule has 2 rings (SSSR count). The third-order valence-electron chi connectivity index (χ3n) is 3.00. The number of nitrogens with zero attached hydrogens (tertiary/aromatic N) is 2. The summed E-state index contributed by atoms with van der Waals surface area (Å²) in [6, 6.07) is 10.7. The van der Waals surface area contributed by atoms with Crippen molar-refractivity contribution < 1.29 is 4.39 Å². The number of hydrogen-bond donors (Lipinski definition) is 1. The van der Waals surface area contributed by atoms with E-state index in [0.29, 0.717) is 6.54 Å². The van der Waals surface area contributed by atoms with Gasteiger partial charge in [-0.15, -0.1) is 0 Å². The average Bonchev–Trinajstić information content (AvgIpc) is 2.38. The van der Waals surface area contributed by atoms with Gasteiger partial charge < -0.3 is 10.6 Å². The fourth-order valence-corrected chi connectivity index (χ4v) is 2.13. The van der Waals surface area contributed by atoms with Crippen LogP contribution in [0.4, 0.5) is 10.1 Å². The van der Waals surface area contributed by atoms with Gasteiger partial charge in [0, 0.05) is 24.0 Å². The minimum Gasteiger partial charge on any atom is -0.389 e. The summed E-state index contributed by atoms with van der Waals surface area (Å²) in [6.45, 7) is 2.55. The number of pyridine rings is 1. The van der Waals surface area contributed by atoms with Gasteiger partial charge in [-0.2, -0.15) is 0 Å². The van der Waals surface area contributed by atoms with E-state index in [0.717, 1.165) is 17.1 Å². The van der Waals surface area contributed by atoms with Gasteiger partial charge in [0.15, 0.2) is 0 Å². The Morgan fingerprint density at radius 1 is 1.35 bits per heavy atom. The third kappa shape index (κ3) is 3.30. The van der Waals surface area contributed by atoms with Crippen molar-refractivity contribution in [1.82, 2.24) is 4.98 Å². The number of nitrogens with two attached hydrogens (primary N) is 1. The van der Waals surface area contributed by atoms with E-state index in [9.17, 15) is 4.39 Å². The number of aromatic nitrogens is 1. The van der Waals surface area contributed by atoms with Crippen molar-refractivity contribution in [3.05, 3.63) is 59.2 Å². The first-order valence-electron chi connectivity index (χ1n) is 6.20. The Hall–Kier alpha value is -2.01. The molecule has 3 nitrogen and oxygen atoms in total. The van der Waals surface area contributed by atoms with Gasteiger partial charge in [-0.1, -0.05) is 18.3 Å². The van der Waals surface area contributed by atoms with Crippen molar-refractivity contribution in [3.8, 4) is 0 Å². The summed E-state index contributed by atoms with van der Waals surface area (Å²) in [4.78, 5) is 6.42. The second-order valence-corrected chi connectivity index (χ2v) is 5.09. The largest absolute Gasteiger partial charge is 0.389 e. The van der Waals surface area contributed by atoms with Gasteiger partial charge in [0.05, 0.1) is 12.2 Å². The summed E-state index contributed by atoms with van der Waals surface area (Å²) in [5, 5.41) is 0. The summed E-state index contributed by atoms with van der Waals surface area (Å²) in [7, 11) is 1.89. The number of benzene rings is 1. The van der Waals surface area contributed by atoms with Crippen LogP contribution in [0.15, 0.2) is 36.4 Å². The van der Waals surface area contributed by atoms with E-state index in [1.54, 1.807) is 12.1 Å². The van der Waals surface area contributed by atoms with Gasteiger partial charge in [-0.3, -0.25) is 4.98 Å². The Labute approximate surface area is 123 Å². The van der Waals surface area contributed by atoms with Crippen LogP contribution in [0.2, 0.25) is 0 Å². The molecule has 0 aliphatic rings. The molecule has 0 aliphatic heterocycles. The van der Waals surface area contributed by atoms with E-state index in [2.05, 4.69) is 4.98 Å². The van der Waals surface area contributed by atoms with Crippen molar-refractivity contribution in [2.24, 2.45) is 5.73 Å². The lowest BCUT2D eigenvalue weighted by atomic mass is 10.1. The maximum Gasteiger partial charge on any atom is 0.135 e. The SMILES string of the molecule is Cc1cccc(CN(C)c2ccc(C(N)=S)c(F)c2)n1. The number of anilines is 1. The molecule has 0 spiro atoms. The quantitative estimate of drug-likeness (QED) is 0.879. The number of aryl methyl sites for hydroxylation is 1. The second-order valence-electron chi connectivity index (χ2n) is 4.65. The van der Waals surface area contributed by atoms with Gasteiger partial charge in [-0.25, -0.2) is 4.39 Å². The molecule has 1 aromatic heterocycles. The Morgan fingerprint density at radius 2 is 2.10 bits per heavy atom. The van der Waals surface area contributed by atoms with Crippen LogP contribution >= 0.6 is 12.2 Å². The zero-order valence-electron chi connectivity index (χ0n) is 11.4. The zero-order chi connectivity index (χ0) is 14.7. The molecule has 20 heavy (non-hydrogen) atoms.